The fourth-order valence-corrected chi connectivity index (χ4v) is 11.6. The van der Waals surface area contributed by atoms with Crippen LogP contribution in [0, 0.1) is 22.5 Å². The predicted molar refractivity (Wildman–Crippen MR) is 207 cm³/mol. The number of aromatic nitrogens is 2. The molecule has 5 rings (SSSR count). The molecule has 0 spiro atoms. The maximum absolute atomic E-state index is 14.4. The number of aromatic amines is 1. The lowest BCUT2D eigenvalue weighted by Crippen LogP contribution is -2.54. The number of anilines is 1. The summed E-state index contributed by atoms with van der Waals surface area (Å²) < 4.78 is 1.43. The van der Waals surface area contributed by atoms with E-state index in [0.717, 1.165) is 51.4 Å². The fourth-order valence-electron chi connectivity index (χ4n) is 7.21. The molecular formula is C33H42I3N7O5. The molecule has 15 heteroatoms. The van der Waals surface area contributed by atoms with Crippen LogP contribution in [0.5, 0.6) is 0 Å². The number of carbonyl (C=O) groups excluding carboxylic acids is 5. The topological polar surface area (TPSA) is 165 Å². The minimum Gasteiger partial charge on any atom is -0.355 e. The van der Waals surface area contributed by atoms with Crippen LogP contribution in [0.2, 0.25) is 0 Å². The van der Waals surface area contributed by atoms with Gasteiger partial charge in [0.25, 0.3) is 11.8 Å². The highest BCUT2D eigenvalue weighted by Gasteiger charge is 2.39. The van der Waals surface area contributed by atoms with E-state index in [1.165, 1.54) is 25.2 Å². The number of amides is 5. The molecule has 1 aromatic heterocycles. The molecule has 2 aliphatic carbocycles. The zero-order valence-electron chi connectivity index (χ0n) is 27.1. The first-order valence-electron chi connectivity index (χ1n) is 16.6. The lowest BCUT2D eigenvalue weighted by molar-refractivity contribution is -0.140. The second-order valence-electron chi connectivity index (χ2n) is 13.0. The average molecular weight is 997 g/mol. The number of H-pyrrole nitrogens is 1. The molecule has 1 aromatic carbocycles. The van der Waals surface area contributed by atoms with Gasteiger partial charge in [0.1, 0.15) is 12.1 Å². The third-order valence-electron chi connectivity index (χ3n) is 9.72. The number of hydrogen-bond acceptors (Lipinski definition) is 6. The Balaban J connectivity index is 1.37. The zero-order valence-corrected chi connectivity index (χ0v) is 33.6. The van der Waals surface area contributed by atoms with E-state index < -0.39 is 18.0 Å². The molecule has 2 heterocycles. The minimum absolute atomic E-state index is 0.154. The van der Waals surface area contributed by atoms with Gasteiger partial charge in [-0.1, -0.05) is 32.1 Å². The number of halogens is 3. The molecule has 48 heavy (non-hydrogen) atoms. The van der Waals surface area contributed by atoms with Crippen molar-refractivity contribution in [2.75, 3.05) is 25.5 Å². The van der Waals surface area contributed by atoms with Crippen molar-refractivity contribution in [1.29, 1.82) is 0 Å². The Kier molecular flexibility index (Phi) is 13.0. The van der Waals surface area contributed by atoms with Gasteiger partial charge in [-0.2, -0.15) is 5.10 Å². The standard InChI is InChI=1S/C33H42I3N7O5/c1-17(44)40-29-27(35)24(31(46)37-2)26(34)25(28(29)36)32(47)41-22(14-18-7-4-3-5-8-18)33(48)43-12-6-9-23(43)30(45)38-15-19-10-11-21-20(13-19)16-39-42-21/h16,18-19,22-23H,3-15H2,1-2H3,(H,37,46)(H,38,45)(H,39,42)(H,40,44)(H,41,47)/t19?,22-,23?/m1/s1. The van der Waals surface area contributed by atoms with Gasteiger partial charge in [-0.05, 0) is 124 Å². The van der Waals surface area contributed by atoms with Gasteiger partial charge in [-0.25, -0.2) is 0 Å². The Bertz CT molecular complexity index is 1570. The van der Waals surface area contributed by atoms with Gasteiger partial charge >= 0.3 is 0 Å². The summed E-state index contributed by atoms with van der Waals surface area (Å²) in [5.74, 6) is -1.05. The summed E-state index contributed by atoms with van der Waals surface area (Å²) in [5, 5.41) is 18.8. The first-order valence-corrected chi connectivity index (χ1v) is 19.8. The van der Waals surface area contributed by atoms with Gasteiger partial charge in [0.05, 0.1) is 30.2 Å². The summed E-state index contributed by atoms with van der Waals surface area (Å²) in [6.07, 6.45) is 11.6. The second kappa shape index (κ2) is 16.8. The van der Waals surface area contributed by atoms with Crippen molar-refractivity contribution in [2.24, 2.45) is 11.8 Å². The molecule has 3 aliphatic rings. The highest BCUT2D eigenvalue weighted by Crippen LogP contribution is 2.36. The summed E-state index contributed by atoms with van der Waals surface area (Å²) >= 11 is 6.03. The van der Waals surface area contributed by atoms with Gasteiger partial charge in [0.15, 0.2) is 0 Å². The largest absolute Gasteiger partial charge is 0.355 e. The number of benzene rings is 1. The lowest BCUT2D eigenvalue weighted by Gasteiger charge is -2.32. The average Bonchev–Trinajstić information content (AvgIpc) is 3.75. The predicted octanol–water partition coefficient (Wildman–Crippen LogP) is 4.52. The van der Waals surface area contributed by atoms with Crippen molar-refractivity contribution >= 4 is 103 Å². The molecule has 12 nitrogen and oxygen atoms in total. The Labute approximate surface area is 321 Å². The lowest BCUT2D eigenvalue weighted by atomic mass is 9.84. The van der Waals surface area contributed by atoms with Crippen LogP contribution < -0.4 is 21.3 Å². The van der Waals surface area contributed by atoms with Crippen molar-refractivity contribution in [3.05, 3.63) is 39.3 Å². The maximum Gasteiger partial charge on any atom is 0.254 e. The summed E-state index contributed by atoms with van der Waals surface area (Å²) in [7, 11) is 1.51. The minimum atomic E-state index is -0.842. The number of nitrogens with zero attached hydrogens (tertiary/aromatic N) is 2. The summed E-state index contributed by atoms with van der Waals surface area (Å²) in [5.41, 5.74) is 3.25. The molecule has 3 atom stereocenters. The Morgan fingerprint density at radius 2 is 1.65 bits per heavy atom. The van der Waals surface area contributed by atoms with E-state index >= 15 is 0 Å². The molecule has 5 N–H and O–H groups in total. The number of rotatable bonds is 10. The van der Waals surface area contributed by atoms with Crippen LogP contribution in [0.3, 0.4) is 0 Å². The van der Waals surface area contributed by atoms with Gasteiger partial charge in [0, 0.05) is 36.3 Å². The molecule has 260 valence electrons. The molecule has 1 saturated heterocycles. The SMILES string of the molecule is CNC(=O)c1c(I)c(NC(C)=O)c(I)c(C(=O)N[C@H](CC2CCCCC2)C(=O)N2CCCC2C(=O)NCC2CCc3[nH]ncc3C2)c1I. The quantitative estimate of drug-likeness (QED) is 0.220. The third kappa shape index (κ3) is 8.46. The van der Waals surface area contributed by atoms with Crippen LogP contribution >= 0.6 is 67.8 Å². The van der Waals surface area contributed by atoms with Crippen molar-refractivity contribution in [3.8, 4) is 0 Å². The van der Waals surface area contributed by atoms with Crippen LogP contribution in [0.25, 0.3) is 0 Å². The number of nitrogens with one attached hydrogen (secondary N) is 5. The van der Waals surface area contributed by atoms with Crippen LogP contribution in [0.4, 0.5) is 5.69 Å². The van der Waals surface area contributed by atoms with Gasteiger partial charge in [0.2, 0.25) is 17.7 Å². The highest BCUT2D eigenvalue weighted by atomic mass is 127. The van der Waals surface area contributed by atoms with Crippen LogP contribution in [-0.2, 0) is 27.2 Å². The van der Waals surface area contributed by atoms with E-state index in [1.54, 1.807) is 4.90 Å². The maximum atomic E-state index is 14.4. The summed E-state index contributed by atoms with van der Waals surface area (Å²) in [4.78, 5) is 68.9. The molecule has 1 saturated carbocycles. The summed E-state index contributed by atoms with van der Waals surface area (Å²) in [6, 6.07) is -1.44. The number of likely N-dealkylation sites (tertiary alicyclic amines) is 1. The van der Waals surface area contributed by atoms with Crippen LogP contribution in [0.15, 0.2) is 6.20 Å². The van der Waals surface area contributed by atoms with Crippen molar-refractivity contribution in [2.45, 2.75) is 89.6 Å². The molecule has 0 bridgehead atoms. The molecule has 2 aromatic rings. The monoisotopic (exact) mass is 997 g/mol. The third-order valence-corrected chi connectivity index (χ3v) is 13.0. The van der Waals surface area contributed by atoms with Crippen LogP contribution in [0.1, 0.15) is 96.7 Å². The number of fused-ring (bicyclic) bond motifs is 1. The Morgan fingerprint density at radius 1 is 0.938 bits per heavy atom. The van der Waals surface area contributed by atoms with Crippen LogP contribution in [-0.4, -0.2) is 76.9 Å². The smallest absolute Gasteiger partial charge is 0.254 e. The molecule has 1 aliphatic heterocycles. The van der Waals surface area contributed by atoms with Gasteiger partial charge < -0.3 is 26.2 Å². The first-order chi connectivity index (χ1) is 23.0. The Hall–Kier alpha value is -2.03. The van der Waals surface area contributed by atoms with E-state index in [-0.39, 0.29) is 40.7 Å². The van der Waals surface area contributed by atoms with E-state index in [1.807, 2.05) is 74.0 Å². The number of aryl methyl sites for hydroxylation is 1. The Morgan fingerprint density at radius 3 is 2.33 bits per heavy atom. The van der Waals surface area contributed by atoms with Crippen molar-refractivity contribution in [3.63, 3.8) is 0 Å². The van der Waals surface area contributed by atoms with E-state index in [9.17, 15) is 24.0 Å². The second-order valence-corrected chi connectivity index (χ2v) is 16.2. The van der Waals surface area contributed by atoms with E-state index in [2.05, 4.69) is 31.5 Å². The summed E-state index contributed by atoms with van der Waals surface area (Å²) in [6.45, 7) is 2.36. The van der Waals surface area contributed by atoms with Crippen molar-refractivity contribution in [1.82, 2.24) is 31.0 Å². The van der Waals surface area contributed by atoms with Gasteiger partial charge in [-0.15, -0.1) is 0 Å². The normalized spacial score (nSPS) is 20.1. The number of carbonyl (C=O) groups is 5. The highest BCUT2D eigenvalue weighted by molar-refractivity contribution is 14.1. The van der Waals surface area contributed by atoms with Gasteiger partial charge in [-0.3, -0.25) is 29.1 Å². The first kappa shape index (κ1) is 37.2. The fraction of sp³-hybridized carbons (Fsp3) is 0.576. The molecule has 2 unspecified atom stereocenters. The molecule has 2 fully saturated rings. The zero-order chi connectivity index (χ0) is 34.5. The van der Waals surface area contributed by atoms with Crippen molar-refractivity contribution < 1.29 is 24.0 Å². The molecule has 0 radical (unpaired) electrons. The van der Waals surface area contributed by atoms with E-state index in [0.29, 0.717) is 54.7 Å². The van der Waals surface area contributed by atoms with E-state index in [4.69, 9.17) is 0 Å². The molecule has 5 amide bonds. The molecular weight excluding hydrogens is 955 g/mol. The number of hydrogen-bond donors (Lipinski definition) is 5.